The Balaban J connectivity index is 1.81. The Morgan fingerprint density at radius 3 is 2.62 bits per heavy atom. The zero-order chi connectivity index (χ0) is 18.8. The van der Waals surface area contributed by atoms with Crippen LogP contribution < -0.4 is 10.3 Å². The normalized spacial score (nSPS) is 12.2. The van der Waals surface area contributed by atoms with Gasteiger partial charge in [-0.25, -0.2) is 9.78 Å². The standard InChI is InChI=1S/C19H20N2O4S/c1-5-24-14-8-6-13(7-9-14)19(23)25-11(3)16-20-17(22)15-10(2)12(4)26-18(15)21-16/h6-9,11H,5H2,1-4H3,(H,20,21,22)/t11-/m0/s1. The number of aryl methyl sites for hydroxylation is 2. The van der Waals surface area contributed by atoms with Crippen LogP contribution in [-0.4, -0.2) is 22.5 Å². The van der Waals surface area contributed by atoms with E-state index in [0.29, 0.717) is 34.0 Å². The largest absolute Gasteiger partial charge is 0.494 e. The molecule has 0 amide bonds. The van der Waals surface area contributed by atoms with Crippen molar-refractivity contribution in [3.8, 4) is 5.75 Å². The minimum absolute atomic E-state index is 0.212. The quantitative estimate of drug-likeness (QED) is 0.687. The third-order valence-corrected chi connectivity index (χ3v) is 5.23. The molecule has 0 aliphatic rings. The van der Waals surface area contributed by atoms with Crippen molar-refractivity contribution in [2.45, 2.75) is 33.8 Å². The van der Waals surface area contributed by atoms with Crippen molar-refractivity contribution < 1.29 is 14.3 Å². The molecule has 2 aromatic heterocycles. The van der Waals surface area contributed by atoms with Crippen molar-refractivity contribution in [1.82, 2.24) is 9.97 Å². The summed E-state index contributed by atoms with van der Waals surface area (Å²) in [6.45, 7) is 8.00. The number of carbonyl (C=O) groups excluding carboxylic acids is 1. The molecule has 2 heterocycles. The Bertz CT molecular complexity index is 1000. The fourth-order valence-corrected chi connectivity index (χ4v) is 3.64. The first-order chi connectivity index (χ1) is 12.4. The van der Waals surface area contributed by atoms with Gasteiger partial charge in [0.25, 0.3) is 5.56 Å². The second-order valence-electron chi connectivity index (χ2n) is 5.92. The van der Waals surface area contributed by atoms with Gasteiger partial charge in [0.1, 0.15) is 10.6 Å². The van der Waals surface area contributed by atoms with E-state index in [-0.39, 0.29) is 5.56 Å². The molecule has 0 spiro atoms. The smallest absolute Gasteiger partial charge is 0.338 e. The van der Waals surface area contributed by atoms with Gasteiger partial charge >= 0.3 is 5.97 Å². The van der Waals surface area contributed by atoms with Crippen molar-refractivity contribution in [2.24, 2.45) is 0 Å². The van der Waals surface area contributed by atoms with Gasteiger partial charge in [-0.1, -0.05) is 0 Å². The molecule has 1 aromatic carbocycles. The highest BCUT2D eigenvalue weighted by molar-refractivity contribution is 7.18. The summed E-state index contributed by atoms with van der Waals surface area (Å²) < 4.78 is 10.8. The molecular weight excluding hydrogens is 352 g/mol. The van der Waals surface area contributed by atoms with E-state index in [4.69, 9.17) is 9.47 Å². The summed E-state index contributed by atoms with van der Waals surface area (Å²) in [5, 5.41) is 0.598. The van der Waals surface area contributed by atoms with Crippen molar-refractivity contribution in [2.75, 3.05) is 6.61 Å². The van der Waals surface area contributed by atoms with E-state index in [1.165, 1.54) is 11.3 Å². The predicted octanol–water partition coefficient (Wildman–Crippen LogP) is 3.92. The zero-order valence-electron chi connectivity index (χ0n) is 15.1. The lowest BCUT2D eigenvalue weighted by molar-refractivity contribution is 0.0320. The second-order valence-corrected chi connectivity index (χ2v) is 7.12. The molecule has 0 saturated carbocycles. The number of benzene rings is 1. The number of ether oxygens (including phenoxy) is 2. The fraction of sp³-hybridized carbons (Fsp3) is 0.316. The molecule has 0 aliphatic heterocycles. The molecule has 0 bridgehead atoms. The van der Waals surface area contributed by atoms with Gasteiger partial charge in [0.2, 0.25) is 0 Å². The first kappa shape index (κ1) is 18.1. The SMILES string of the molecule is CCOc1ccc(C(=O)O[C@@H](C)c2nc3sc(C)c(C)c3c(=O)[nH]2)cc1. The Morgan fingerprint density at radius 2 is 1.96 bits per heavy atom. The van der Waals surface area contributed by atoms with Gasteiger partial charge < -0.3 is 14.5 Å². The van der Waals surface area contributed by atoms with Gasteiger partial charge in [0, 0.05) is 4.88 Å². The van der Waals surface area contributed by atoms with Gasteiger partial charge in [-0.2, -0.15) is 0 Å². The Labute approximate surface area is 154 Å². The summed E-state index contributed by atoms with van der Waals surface area (Å²) in [5.74, 6) is 0.543. The van der Waals surface area contributed by atoms with Crippen molar-refractivity contribution in [1.29, 1.82) is 0 Å². The molecule has 26 heavy (non-hydrogen) atoms. The fourth-order valence-electron chi connectivity index (χ4n) is 2.60. The van der Waals surface area contributed by atoms with Gasteiger partial charge in [0.15, 0.2) is 11.9 Å². The van der Waals surface area contributed by atoms with E-state index in [1.54, 1.807) is 31.2 Å². The number of nitrogens with zero attached hydrogens (tertiary/aromatic N) is 1. The van der Waals surface area contributed by atoms with Crippen LogP contribution >= 0.6 is 11.3 Å². The lowest BCUT2D eigenvalue weighted by Gasteiger charge is -2.13. The topological polar surface area (TPSA) is 81.3 Å². The molecule has 0 radical (unpaired) electrons. The number of rotatable bonds is 5. The van der Waals surface area contributed by atoms with Gasteiger partial charge in [0.05, 0.1) is 17.6 Å². The molecule has 1 N–H and O–H groups in total. The summed E-state index contributed by atoms with van der Waals surface area (Å²) >= 11 is 1.46. The minimum atomic E-state index is -0.672. The van der Waals surface area contributed by atoms with Crippen LogP contribution in [0.5, 0.6) is 5.75 Å². The summed E-state index contributed by atoms with van der Waals surface area (Å²) in [6.07, 6.45) is -0.672. The maximum absolute atomic E-state index is 12.3. The van der Waals surface area contributed by atoms with Crippen LogP contribution in [0.25, 0.3) is 10.2 Å². The van der Waals surface area contributed by atoms with Gasteiger partial charge in [-0.05, 0) is 57.5 Å². The van der Waals surface area contributed by atoms with E-state index in [1.807, 2.05) is 20.8 Å². The number of aromatic nitrogens is 2. The highest BCUT2D eigenvalue weighted by Gasteiger charge is 2.19. The van der Waals surface area contributed by atoms with E-state index < -0.39 is 12.1 Å². The average molecular weight is 372 g/mol. The van der Waals surface area contributed by atoms with E-state index in [2.05, 4.69) is 9.97 Å². The number of hydrogen-bond acceptors (Lipinski definition) is 6. The highest BCUT2D eigenvalue weighted by atomic mass is 32.1. The number of nitrogens with one attached hydrogen (secondary N) is 1. The Hall–Kier alpha value is -2.67. The van der Waals surface area contributed by atoms with Gasteiger partial charge in [-0.15, -0.1) is 11.3 Å². The summed E-state index contributed by atoms with van der Waals surface area (Å²) in [7, 11) is 0. The molecule has 0 unspecified atom stereocenters. The maximum atomic E-state index is 12.3. The Kier molecular flexibility index (Phi) is 5.08. The molecule has 0 saturated heterocycles. The molecule has 1 atom stereocenters. The van der Waals surface area contributed by atoms with Gasteiger partial charge in [-0.3, -0.25) is 4.79 Å². The first-order valence-electron chi connectivity index (χ1n) is 8.34. The molecule has 136 valence electrons. The highest BCUT2D eigenvalue weighted by Crippen LogP contribution is 2.27. The minimum Gasteiger partial charge on any atom is -0.494 e. The number of esters is 1. The Morgan fingerprint density at radius 1 is 1.27 bits per heavy atom. The van der Waals surface area contributed by atoms with Crippen molar-refractivity contribution in [3.05, 3.63) is 56.4 Å². The first-order valence-corrected chi connectivity index (χ1v) is 9.16. The average Bonchev–Trinajstić information content (AvgIpc) is 2.90. The van der Waals surface area contributed by atoms with E-state index >= 15 is 0 Å². The molecule has 3 rings (SSSR count). The summed E-state index contributed by atoms with van der Waals surface area (Å²) in [5.41, 5.74) is 1.13. The maximum Gasteiger partial charge on any atom is 0.338 e. The van der Waals surface area contributed by atoms with Crippen LogP contribution in [0.1, 0.15) is 46.6 Å². The zero-order valence-corrected chi connectivity index (χ0v) is 15.9. The predicted molar refractivity (Wildman–Crippen MR) is 101 cm³/mol. The second kappa shape index (κ2) is 7.29. The number of fused-ring (bicyclic) bond motifs is 1. The lowest BCUT2D eigenvalue weighted by Crippen LogP contribution is -2.17. The van der Waals surface area contributed by atoms with Crippen LogP contribution in [-0.2, 0) is 4.74 Å². The molecule has 6 nitrogen and oxygen atoms in total. The molecule has 3 aromatic rings. The van der Waals surface area contributed by atoms with Crippen molar-refractivity contribution in [3.63, 3.8) is 0 Å². The third kappa shape index (κ3) is 3.48. The summed E-state index contributed by atoms with van der Waals surface area (Å²) in [4.78, 5) is 33.6. The van der Waals surface area contributed by atoms with Crippen LogP contribution in [0.15, 0.2) is 29.1 Å². The number of H-pyrrole nitrogens is 1. The van der Waals surface area contributed by atoms with Crippen LogP contribution in [0, 0.1) is 13.8 Å². The molecule has 0 aliphatic carbocycles. The molecule has 7 heteroatoms. The summed E-state index contributed by atoms with van der Waals surface area (Å²) in [6, 6.07) is 6.72. The number of aromatic amines is 1. The van der Waals surface area contributed by atoms with Crippen LogP contribution in [0.2, 0.25) is 0 Å². The monoisotopic (exact) mass is 372 g/mol. The van der Waals surface area contributed by atoms with E-state index in [9.17, 15) is 9.59 Å². The number of hydrogen-bond donors (Lipinski definition) is 1. The number of carbonyl (C=O) groups is 1. The molecule has 0 fully saturated rings. The van der Waals surface area contributed by atoms with E-state index in [0.717, 1.165) is 10.4 Å². The third-order valence-electron chi connectivity index (χ3n) is 4.13. The lowest BCUT2D eigenvalue weighted by atomic mass is 10.2. The van der Waals surface area contributed by atoms with Crippen LogP contribution in [0.3, 0.4) is 0 Å². The number of thiophene rings is 1. The van der Waals surface area contributed by atoms with Crippen LogP contribution in [0.4, 0.5) is 0 Å². The van der Waals surface area contributed by atoms with Crippen molar-refractivity contribution >= 4 is 27.5 Å². The molecular formula is C19H20N2O4S.